The molecule has 6 heteroatoms. The predicted molar refractivity (Wildman–Crippen MR) is 105 cm³/mol. The maximum atomic E-state index is 12.3. The van der Waals surface area contributed by atoms with Crippen molar-refractivity contribution in [3.8, 4) is 11.1 Å². The van der Waals surface area contributed by atoms with Crippen LogP contribution in [0.3, 0.4) is 0 Å². The number of rotatable bonds is 6. The van der Waals surface area contributed by atoms with Crippen LogP contribution in [0, 0.1) is 0 Å². The first-order valence-corrected chi connectivity index (χ1v) is 8.82. The zero-order chi connectivity index (χ0) is 19.2. The van der Waals surface area contributed by atoms with Crippen molar-refractivity contribution >= 4 is 17.5 Å². The van der Waals surface area contributed by atoms with Crippen LogP contribution < -0.4 is 10.6 Å². The third kappa shape index (κ3) is 4.82. The van der Waals surface area contributed by atoms with Gasteiger partial charge in [0.1, 0.15) is 0 Å². The number of nitrogens with zero attached hydrogens (tertiary/aromatic N) is 1. The average molecular weight is 362 g/mol. The van der Waals surface area contributed by atoms with Crippen molar-refractivity contribution in [1.29, 1.82) is 0 Å². The molecule has 3 N–H and O–H groups in total. The molecule has 138 valence electrons. The molecule has 1 aromatic heterocycles. The molecule has 0 radical (unpaired) electrons. The van der Waals surface area contributed by atoms with Crippen LogP contribution in [0.15, 0.2) is 60.8 Å². The molecule has 0 saturated carbocycles. The Balaban J connectivity index is 1.63. The first-order chi connectivity index (χ1) is 13.0. The van der Waals surface area contributed by atoms with Crippen LogP contribution in [0.1, 0.15) is 29.9 Å². The summed E-state index contributed by atoms with van der Waals surface area (Å²) in [4.78, 5) is 24.5. The molecule has 0 bridgehead atoms. The molecule has 3 rings (SSSR count). The Morgan fingerprint density at radius 1 is 1.00 bits per heavy atom. The summed E-state index contributed by atoms with van der Waals surface area (Å²) in [6.45, 7) is 3.73. The molecule has 0 aliphatic carbocycles. The van der Waals surface area contributed by atoms with Crippen molar-refractivity contribution in [1.82, 2.24) is 15.5 Å². The fourth-order valence-electron chi connectivity index (χ4n) is 2.71. The van der Waals surface area contributed by atoms with Gasteiger partial charge in [-0.05, 0) is 30.5 Å². The van der Waals surface area contributed by atoms with Crippen LogP contribution in [0.25, 0.3) is 11.1 Å². The molecule has 27 heavy (non-hydrogen) atoms. The fourth-order valence-corrected chi connectivity index (χ4v) is 2.71. The highest BCUT2D eigenvalue weighted by molar-refractivity contribution is 6.02. The Hall–Kier alpha value is -3.41. The van der Waals surface area contributed by atoms with E-state index in [-0.39, 0.29) is 30.0 Å². The molecular formula is C21H22N4O2. The number of benzene rings is 2. The van der Waals surface area contributed by atoms with Crippen LogP contribution in [-0.4, -0.2) is 28.1 Å². The van der Waals surface area contributed by atoms with Crippen molar-refractivity contribution in [2.75, 3.05) is 5.32 Å². The average Bonchev–Trinajstić information content (AvgIpc) is 3.10. The second-order valence-electron chi connectivity index (χ2n) is 6.56. The minimum Gasteiger partial charge on any atom is -0.348 e. The molecule has 0 fully saturated rings. The van der Waals surface area contributed by atoms with E-state index in [0.717, 1.165) is 16.7 Å². The summed E-state index contributed by atoms with van der Waals surface area (Å²) in [7, 11) is 0. The summed E-state index contributed by atoms with van der Waals surface area (Å²) >= 11 is 0. The highest BCUT2D eigenvalue weighted by Gasteiger charge is 2.17. The summed E-state index contributed by atoms with van der Waals surface area (Å²) in [5.74, 6) is -0.531. The Morgan fingerprint density at radius 2 is 1.67 bits per heavy atom. The third-order valence-corrected chi connectivity index (χ3v) is 3.98. The van der Waals surface area contributed by atoms with Crippen molar-refractivity contribution in [2.45, 2.75) is 26.3 Å². The second-order valence-corrected chi connectivity index (χ2v) is 6.56. The SMILES string of the molecule is CC(C)NC(=O)c1n[nH]cc1NC(=O)Cc1ccc(-c2ccccc2)cc1. The van der Waals surface area contributed by atoms with E-state index in [1.807, 2.05) is 68.4 Å². The van der Waals surface area contributed by atoms with Crippen LogP contribution in [0.2, 0.25) is 0 Å². The first-order valence-electron chi connectivity index (χ1n) is 8.82. The number of hydrogen-bond donors (Lipinski definition) is 3. The van der Waals surface area contributed by atoms with Gasteiger partial charge in [0.15, 0.2) is 5.69 Å². The van der Waals surface area contributed by atoms with E-state index in [1.54, 1.807) is 0 Å². The molecule has 0 aliphatic rings. The van der Waals surface area contributed by atoms with E-state index in [9.17, 15) is 9.59 Å². The Kier molecular flexibility index (Phi) is 5.66. The molecule has 2 amide bonds. The minimum atomic E-state index is -0.325. The number of hydrogen-bond acceptors (Lipinski definition) is 3. The number of amides is 2. The van der Waals surface area contributed by atoms with Gasteiger partial charge in [-0.3, -0.25) is 14.7 Å². The van der Waals surface area contributed by atoms with Gasteiger partial charge in [0.2, 0.25) is 5.91 Å². The van der Waals surface area contributed by atoms with Gasteiger partial charge in [0.25, 0.3) is 5.91 Å². The highest BCUT2D eigenvalue weighted by Crippen LogP contribution is 2.20. The molecular weight excluding hydrogens is 340 g/mol. The smallest absolute Gasteiger partial charge is 0.274 e. The van der Waals surface area contributed by atoms with Crippen LogP contribution >= 0.6 is 0 Å². The molecule has 0 saturated heterocycles. The number of nitrogens with one attached hydrogen (secondary N) is 3. The van der Waals surface area contributed by atoms with E-state index in [4.69, 9.17) is 0 Å². The minimum absolute atomic E-state index is 0.0131. The number of H-pyrrole nitrogens is 1. The lowest BCUT2D eigenvalue weighted by molar-refractivity contribution is -0.115. The standard InChI is InChI=1S/C21H22N4O2/c1-14(2)23-21(27)20-18(13-22-25-20)24-19(26)12-15-8-10-17(11-9-15)16-6-4-3-5-7-16/h3-11,13-14H,12H2,1-2H3,(H,22,25)(H,23,27)(H,24,26). The Morgan fingerprint density at radius 3 is 2.33 bits per heavy atom. The van der Waals surface area contributed by atoms with Crippen molar-refractivity contribution < 1.29 is 9.59 Å². The monoisotopic (exact) mass is 362 g/mol. The number of aromatic nitrogens is 2. The van der Waals surface area contributed by atoms with Crippen LogP contribution in [0.4, 0.5) is 5.69 Å². The lowest BCUT2D eigenvalue weighted by Crippen LogP contribution is -2.31. The molecule has 2 aromatic carbocycles. The van der Waals surface area contributed by atoms with E-state index < -0.39 is 0 Å². The van der Waals surface area contributed by atoms with E-state index in [2.05, 4.69) is 20.8 Å². The summed E-state index contributed by atoms with van der Waals surface area (Å²) in [6.07, 6.45) is 1.72. The zero-order valence-corrected chi connectivity index (χ0v) is 15.3. The van der Waals surface area contributed by atoms with Crippen molar-refractivity contribution in [3.05, 3.63) is 72.1 Å². The van der Waals surface area contributed by atoms with Crippen molar-refractivity contribution in [2.24, 2.45) is 0 Å². The molecule has 0 spiro atoms. The summed E-state index contributed by atoms with van der Waals surface area (Å²) in [5, 5.41) is 12.0. The van der Waals surface area contributed by atoms with Gasteiger partial charge in [-0.15, -0.1) is 0 Å². The highest BCUT2D eigenvalue weighted by atomic mass is 16.2. The van der Waals surface area contributed by atoms with Gasteiger partial charge >= 0.3 is 0 Å². The summed E-state index contributed by atoms with van der Waals surface area (Å²) in [5.41, 5.74) is 3.68. The Labute approximate surface area is 158 Å². The van der Waals surface area contributed by atoms with Gasteiger partial charge < -0.3 is 10.6 Å². The molecule has 3 aromatic rings. The fraction of sp³-hybridized carbons (Fsp3) is 0.190. The topological polar surface area (TPSA) is 86.9 Å². The maximum absolute atomic E-state index is 12.3. The number of carbonyl (C=O) groups excluding carboxylic acids is 2. The lowest BCUT2D eigenvalue weighted by Gasteiger charge is -2.09. The normalized spacial score (nSPS) is 10.6. The first kappa shape index (κ1) is 18.4. The van der Waals surface area contributed by atoms with Gasteiger partial charge in [-0.1, -0.05) is 54.6 Å². The van der Waals surface area contributed by atoms with E-state index >= 15 is 0 Å². The van der Waals surface area contributed by atoms with E-state index in [1.165, 1.54) is 6.20 Å². The van der Waals surface area contributed by atoms with Gasteiger partial charge in [0, 0.05) is 12.2 Å². The zero-order valence-electron chi connectivity index (χ0n) is 15.3. The molecule has 6 nitrogen and oxygen atoms in total. The largest absolute Gasteiger partial charge is 0.348 e. The molecule has 0 aliphatic heterocycles. The summed E-state index contributed by atoms with van der Waals surface area (Å²) < 4.78 is 0. The quantitative estimate of drug-likeness (QED) is 0.628. The van der Waals surface area contributed by atoms with Crippen LogP contribution in [-0.2, 0) is 11.2 Å². The van der Waals surface area contributed by atoms with Gasteiger partial charge in [-0.25, -0.2) is 0 Å². The number of carbonyl (C=O) groups is 2. The maximum Gasteiger partial charge on any atom is 0.274 e. The predicted octanol–water partition coefficient (Wildman–Crippen LogP) is 3.40. The van der Waals surface area contributed by atoms with Crippen LogP contribution in [0.5, 0.6) is 0 Å². The number of anilines is 1. The Bertz CT molecular complexity index is 915. The number of aromatic amines is 1. The molecule has 1 heterocycles. The van der Waals surface area contributed by atoms with Gasteiger partial charge in [-0.2, -0.15) is 5.10 Å². The summed E-state index contributed by atoms with van der Waals surface area (Å²) in [6, 6.07) is 17.9. The molecule has 0 unspecified atom stereocenters. The van der Waals surface area contributed by atoms with Crippen molar-refractivity contribution in [3.63, 3.8) is 0 Å². The second kappa shape index (κ2) is 8.31. The third-order valence-electron chi connectivity index (χ3n) is 3.98. The van der Waals surface area contributed by atoms with E-state index in [0.29, 0.717) is 5.69 Å². The van der Waals surface area contributed by atoms with Gasteiger partial charge in [0.05, 0.1) is 12.1 Å². The lowest BCUT2D eigenvalue weighted by atomic mass is 10.0. The molecule has 0 atom stereocenters.